The van der Waals surface area contributed by atoms with E-state index in [2.05, 4.69) is 19.9 Å². The number of nitrogens with one attached hydrogen (secondary N) is 1. The van der Waals surface area contributed by atoms with Gasteiger partial charge in [-0.3, -0.25) is 4.90 Å². The molecule has 1 N–H and O–H groups in total. The summed E-state index contributed by atoms with van der Waals surface area (Å²) < 4.78 is 30.9. The number of fused-ring (bicyclic) bond motifs is 1. The molecule has 1 fully saturated rings. The second-order valence-corrected chi connectivity index (χ2v) is 8.07. The summed E-state index contributed by atoms with van der Waals surface area (Å²) in [6.07, 6.45) is 1.66. The third-order valence-electron chi connectivity index (χ3n) is 4.16. The topological polar surface area (TPSA) is 88.3 Å². The van der Waals surface area contributed by atoms with Crippen LogP contribution in [-0.4, -0.2) is 49.0 Å². The van der Waals surface area contributed by atoms with E-state index in [0.29, 0.717) is 18.9 Å². The summed E-state index contributed by atoms with van der Waals surface area (Å²) in [6.45, 7) is 5.13. The van der Waals surface area contributed by atoms with Crippen LogP contribution in [0, 0.1) is 5.92 Å². The highest BCUT2D eigenvalue weighted by atomic mass is 32.2. The summed E-state index contributed by atoms with van der Waals surface area (Å²) in [7, 11) is -3.11. The number of hydrogen-bond acceptors (Lipinski definition) is 6. The van der Waals surface area contributed by atoms with Crippen LogP contribution >= 0.6 is 0 Å². The minimum Gasteiger partial charge on any atom is -0.299 e. The molecule has 0 radical (unpaired) electrons. The van der Waals surface area contributed by atoms with Crippen LogP contribution in [0.3, 0.4) is 0 Å². The van der Waals surface area contributed by atoms with Gasteiger partial charge in [0.2, 0.25) is 10.0 Å². The smallest absolute Gasteiger partial charge is 0.211 e. The first kappa shape index (κ1) is 16.4. The standard InChI is InChI=1S/C15H22N4O3S/c1-2-7-23(20,21)16-9-13-5-6-19(11-13)10-12-3-4-14-15(8-12)18-22-17-14/h3-4,8,13,16H,2,5-7,9-11H2,1H3. The first-order valence-electron chi connectivity index (χ1n) is 7.96. The Kier molecular flexibility index (Phi) is 4.93. The number of benzene rings is 1. The highest BCUT2D eigenvalue weighted by Gasteiger charge is 2.24. The van der Waals surface area contributed by atoms with E-state index in [0.717, 1.165) is 37.1 Å². The molecular weight excluding hydrogens is 316 g/mol. The molecule has 0 aliphatic carbocycles. The van der Waals surface area contributed by atoms with E-state index >= 15 is 0 Å². The highest BCUT2D eigenvalue weighted by molar-refractivity contribution is 7.89. The van der Waals surface area contributed by atoms with Crippen molar-refractivity contribution in [3.8, 4) is 0 Å². The summed E-state index contributed by atoms with van der Waals surface area (Å²) in [5, 5.41) is 7.66. The fourth-order valence-corrected chi connectivity index (χ4v) is 4.16. The molecule has 7 nitrogen and oxygen atoms in total. The van der Waals surface area contributed by atoms with Gasteiger partial charge in [0.1, 0.15) is 11.0 Å². The second kappa shape index (κ2) is 6.94. The first-order valence-corrected chi connectivity index (χ1v) is 9.62. The van der Waals surface area contributed by atoms with Crippen molar-refractivity contribution in [1.82, 2.24) is 19.9 Å². The summed E-state index contributed by atoms with van der Waals surface area (Å²) in [5.74, 6) is 0.578. The van der Waals surface area contributed by atoms with Crippen LogP contribution < -0.4 is 4.72 Å². The van der Waals surface area contributed by atoms with Gasteiger partial charge in [-0.05, 0) is 53.3 Å². The number of nitrogens with zero attached hydrogens (tertiary/aromatic N) is 3. The summed E-state index contributed by atoms with van der Waals surface area (Å²) in [6, 6.07) is 5.93. The molecule has 1 aromatic heterocycles. The Labute approximate surface area is 136 Å². The van der Waals surface area contributed by atoms with Crippen LogP contribution in [0.1, 0.15) is 25.3 Å². The average Bonchev–Trinajstić information content (AvgIpc) is 3.14. The van der Waals surface area contributed by atoms with Crippen LogP contribution in [0.15, 0.2) is 22.8 Å². The Bertz CT molecular complexity index is 759. The second-order valence-electron chi connectivity index (χ2n) is 6.14. The van der Waals surface area contributed by atoms with Crippen molar-refractivity contribution in [2.75, 3.05) is 25.4 Å². The lowest BCUT2D eigenvalue weighted by Gasteiger charge is -2.16. The van der Waals surface area contributed by atoms with Crippen LogP contribution in [0.2, 0.25) is 0 Å². The average molecular weight is 338 g/mol. The zero-order valence-corrected chi connectivity index (χ0v) is 14.1. The lowest BCUT2D eigenvalue weighted by atomic mass is 10.1. The first-order chi connectivity index (χ1) is 11.1. The van der Waals surface area contributed by atoms with Crippen LogP contribution in [-0.2, 0) is 16.6 Å². The largest absolute Gasteiger partial charge is 0.299 e. The van der Waals surface area contributed by atoms with Gasteiger partial charge in [0.05, 0.1) is 5.75 Å². The quantitative estimate of drug-likeness (QED) is 0.820. The minimum atomic E-state index is -3.11. The third kappa shape index (κ3) is 4.27. The highest BCUT2D eigenvalue weighted by Crippen LogP contribution is 2.20. The van der Waals surface area contributed by atoms with Gasteiger partial charge in [0.15, 0.2) is 0 Å². The Morgan fingerprint density at radius 1 is 1.35 bits per heavy atom. The number of likely N-dealkylation sites (tertiary alicyclic amines) is 1. The van der Waals surface area contributed by atoms with Gasteiger partial charge in [0.25, 0.3) is 0 Å². The molecule has 1 aromatic carbocycles. The number of sulfonamides is 1. The van der Waals surface area contributed by atoms with E-state index < -0.39 is 10.0 Å². The maximum atomic E-state index is 11.7. The molecule has 2 aromatic rings. The Morgan fingerprint density at radius 2 is 2.17 bits per heavy atom. The molecule has 23 heavy (non-hydrogen) atoms. The van der Waals surface area contributed by atoms with Crippen LogP contribution in [0.5, 0.6) is 0 Å². The van der Waals surface area contributed by atoms with Crippen LogP contribution in [0.25, 0.3) is 11.0 Å². The van der Waals surface area contributed by atoms with E-state index in [1.54, 1.807) is 0 Å². The molecule has 1 atom stereocenters. The predicted molar refractivity (Wildman–Crippen MR) is 87.3 cm³/mol. The maximum Gasteiger partial charge on any atom is 0.211 e. The SMILES string of the molecule is CCCS(=O)(=O)NCC1CCN(Cc2ccc3nonc3c2)C1. The van der Waals surface area contributed by atoms with Crippen molar-refractivity contribution in [2.24, 2.45) is 5.92 Å². The van der Waals surface area contributed by atoms with Gasteiger partial charge in [-0.25, -0.2) is 17.8 Å². The molecule has 3 rings (SSSR count). The number of rotatable bonds is 7. The number of hydrogen-bond donors (Lipinski definition) is 1. The third-order valence-corrected chi connectivity index (χ3v) is 5.71. The van der Waals surface area contributed by atoms with Gasteiger partial charge in [-0.1, -0.05) is 13.0 Å². The molecule has 126 valence electrons. The zero-order valence-electron chi connectivity index (χ0n) is 13.2. The lowest BCUT2D eigenvalue weighted by Crippen LogP contribution is -2.32. The van der Waals surface area contributed by atoms with Crippen molar-refractivity contribution in [3.05, 3.63) is 23.8 Å². The van der Waals surface area contributed by atoms with E-state index in [1.807, 2.05) is 25.1 Å². The van der Waals surface area contributed by atoms with Crippen molar-refractivity contribution in [2.45, 2.75) is 26.3 Å². The van der Waals surface area contributed by atoms with Gasteiger partial charge >= 0.3 is 0 Å². The molecule has 1 unspecified atom stereocenters. The normalized spacial score (nSPS) is 19.6. The fraction of sp³-hybridized carbons (Fsp3) is 0.600. The summed E-state index contributed by atoms with van der Waals surface area (Å²) >= 11 is 0. The van der Waals surface area contributed by atoms with E-state index in [4.69, 9.17) is 4.63 Å². The maximum absolute atomic E-state index is 11.7. The minimum absolute atomic E-state index is 0.204. The Hall–Kier alpha value is -1.51. The van der Waals surface area contributed by atoms with Gasteiger partial charge in [0, 0.05) is 19.6 Å². The molecule has 0 spiro atoms. The van der Waals surface area contributed by atoms with Gasteiger partial charge in [-0.15, -0.1) is 0 Å². The van der Waals surface area contributed by atoms with Gasteiger partial charge < -0.3 is 0 Å². The molecule has 8 heteroatoms. The summed E-state index contributed by atoms with van der Waals surface area (Å²) in [5.41, 5.74) is 2.70. The molecule has 0 saturated carbocycles. The molecule has 0 bridgehead atoms. The van der Waals surface area contributed by atoms with Crippen molar-refractivity contribution in [3.63, 3.8) is 0 Å². The van der Waals surface area contributed by atoms with Crippen molar-refractivity contribution in [1.29, 1.82) is 0 Å². The number of aromatic nitrogens is 2. The van der Waals surface area contributed by atoms with Crippen LogP contribution in [0.4, 0.5) is 0 Å². The van der Waals surface area contributed by atoms with Gasteiger partial charge in [-0.2, -0.15) is 0 Å². The zero-order chi connectivity index (χ0) is 16.3. The monoisotopic (exact) mass is 338 g/mol. The van der Waals surface area contributed by atoms with E-state index in [1.165, 1.54) is 5.56 Å². The predicted octanol–water partition coefficient (Wildman–Crippen LogP) is 1.37. The fourth-order valence-electron chi connectivity index (χ4n) is 2.99. The Balaban J connectivity index is 1.51. The van der Waals surface area contributed by atoms with Crippen molar-refractivity contribution < 1.29 is 13.0 Å². The van der Waals surface area contributed by atoms with E-state index in [9.17, 15) is 8.42 Å². The Morgan fingerprint density at radius 3 is 3.00 bits per heavy atom. The van der Waals surface area contributed by atoms with E-state index in [-0.39, 0.29) is 5.75 Å². The molecule has 2 heterocycles. The molecule has 1 aliphatic heterocycles. The lowest BCUT2D eigenvalue weighted by molar-refractivity contribution is 0.314. The van der Waals surface area contributed by atoms with Crippen molar-refractivity contribution >= 4 is 21.1 Å². The molecular formula is C15H22N4O3S. The molecule has 0 amide bonds. The molecule has 1 saturated heterocycles. The molecule has 1 aliphatic rings. The summed E-state index contributed by atoms with van der Waals surface area (Å²) in [4.78, 5) is 2.34.